The van der Waals surface area contributed by atoms with E-state index in [4.69, 9.17) is 23.2 Å². The molecule has 0 saturated heterocycles. The van der Waals surface area contributed by atoms with Gasteiger partial charge in [0.05, 0.1) is 11.8 Å². The van der Waals surface area contributed by atoms with Crippen molar-refractivity contribution in [2.45, 2.75) is 19.4 Å². The Morgan fingerprint density at radius 2 is 1.89 bits per heavy atom. The van der Waals surface area contributed by atoms with Gasteiger partial charge in [0, 0.05) is 24.1 Å². The lowest BCUT2D eigenvalue weighted by atomic mass is 10.0. The third kappa shape index (κ3) is 2.69. The number of halogens is 2. The van der Waals surface area contributed by atoms with Gasteiger partial charge in [-0.1, -0.05) is 35.3 Å². The lowest BCUT2D eigenvalue weighted by molar-refractivity contribution is 0.178. The maximum atomic E-state index is 10.2. The molecular weight excluding hydrogens is 271 g/mol. The van der Waals surface area contributed by atoms with Gasteiger partial charge in [-0.2, -0.15) is 5.10 Å². The van der Waals surface area contributed by atoms with Crippen LogP contribution in [0.15, 0.2) is 24.3 Å². The molecule has 0 aliphatic carbocycles. The zero-order valence-corrected chi connectivity index (χ0v) is 11.7. The molecule has 3 nitrogen and oxygen atoms in total. The molecule has 18 heavy (non-hydrogen) atoms. The fraction of sp³-hybridized carbons (Fsp3) is 0.308. The second kappa shape index (κ2) is 5.31. The van der Waals surface area contributed by atoms with Crippen LogP contribution in [0.3, 0.4) is 0 Å². The third-order valence-electron chi connectivity index (χ3n) is 2.92. The first kappa shape index (κ1) is 13.4. The highest BCUT2D eigenvalue weighted by Crippen LogP contribution is 2.26. The first-order chi connectivity index (χ1) is 8.49. The second-order valence-corrected chi connectivity index (χ2v) is 5.04. The fourth-order valence-electron chi connectivity index (χ4n) is 1.90. The summed E-state index contributed by atoms with van der Waals surface area (Å²) in [4.78, 5) is 0. The summed E-state index contributed by atoms with van der Waals surface area (Å²) < 4.78 is 1.61. The van der Waals surface area contributed by atoms with Gasteiger partial charge in [-0.15, -0.1) is 0 Å². The molecular formula is C13H14Cl2N2O. The number of rotatable bonds is 3. The average Bonchev–Trinajstić information content (AvgIpc) is 2.57. The van der Waals surface area contributed by atoms with Crippen LogP contribution in [-0.2, 0) is 13.5 Å². The number of hydrogen-bond donors (Lipinski definition) is 1. The smallest absolute Gasteiger partial charge is 0.130 e. The molecule has 1 heterocycles. The Hall–Kier alpha value is -1.03. The Balaban J connectivity index is 2.21. The predicted octanol–water partition coefficient (Wildman–Crippen LogP) is 3.31. The van der Waals surface area contributed by atoms with E-state index in [1.54, 1.807) is 23.9 Å². The van der Waals surface area contributed by atoms with E-state index < -0.39 is 6.10 Å². The van der Waals surface area contributed by atoms with Crippen molar-refractivity contribution < 1.29 is 5.11 Å². The molecule has 0 radical (unpaired) electrons. The van der Waals surface area contributed by atoms with Gasteiger partial charge in [-0.25, -0.2) is 0 Å². The van der Waals surface area contributed by atoms with Crippen LogP contribution in [0.4, 0.5) is 0 Å². The van der Waals surface area contributed by atoms with E-state index in [2.05, 4.69) is 5.10 Å². The van der Waals surface area contributed by atoms with Crippen LogP contribution in [0.2, 0.25) is 10.2 Å². The molecule has 1 N–H and O–H groups in total. The molecule has 0 amide bonds. The molecule has 5 heteroatoms. The van der Waals surface area contributed by atoms with Crippen LogP contribution in [-0.4, -0.2) is 14.9 Å². The van der Waals surface area contributed by atoms with Gasteiger partial charge in [0.15, 0.2) is 0 Å². The Morgan fingerprint density at radius 1 is 1.28 bits per heavy atom. The Bertz CT molecular complexity index is 549. The fourth-order valence-corrected chi connectivity index (χ4v) is 2.28. The SMILES string of the molecule is Cc1nn(C)c(Cl)c1CC(O)c1ccc(Cl)cc1. The maximum absolute atomic E-state index is 10.2. The lowest BCUT2D eigenvalue weighted by Gasteiger charge is -2.11. The molecule has 1 atom stereocenters. The highest BCUT2D eigenvalue weighted by molar-refractivity contribution is 6.30. The summed E-state index contributed by atoms with van der Waals surface area (Å²) in [7, 11) is 1.79. The molecule has 0 aliphatic rings. The summed E-state index contributed by atoms with van der Waals surface area (Å²) in [5.41, 5.74) is 2.54. The first-order valence-electron chi connectivity index (χ1n) is 5.60. The minimum Gasteiger partial charge on any atom is -0.388 e. The van der Waals surface area contributed by atoms with Gasteiger partial charge >= 0.3 is 0 Å². The van der Waals surface area contributed by atoms with Gasteiger partial charge in [0.25, 0.3) is 0 Å². The van der Waals surface area contributed by atoms with Crippen LogP contribution in [0.25, 0.3) is 0 Å². The monoisotopic (exact) mass is 284 g/mol. The Labute approximate surface area is 116 Å². The van der Waals surface area contributed by atoms with Crippen molar-refractivity contribution in [2.24, 2.45) is 7.05 Å². The summed E-state index contributed by atoms with van der Waals surface area (Å²) in [6.45, 7) is 1.88. The van der Waals surface area contributed by atoms with Crippen molar-refractivity contribution in [3.8, 4) is 0 Å². The average molecular weight is 285 g/mol. The summed E-state index contributed by atoms with van der Waals surface area (Å²) >= 11 is 12.0. The predicted molar refractivity (Wildman–Crippen MR) is 73.1 cm³/mol. The van der Waals surface area contributed by atoms with E-state index in [0.717, 1.165) is 16.8 Å². The van der Waals surface area contributed by atoms with Gasteiger partial charge in [0.2, 0.25) is 0 Å². The van der Waals surface area contributed by atoms with Crippen LogP contribution in [0, 0.1) is 6.92 Å². The van der Waals surface area contributed by atoms with Crippen molar-refractivity contribution in [1.82, 2.24) is 9.78 Å². The zero-order valence-electron chi connectivity index (χ0n) is 10.2. The summed E-state index contributed by atoms with van der Waals surface area (Å²) in [5.74, 6) is 0. The van der Waals surface area contributed by atoms with Gasteiger partial charge < -0.3 is 5.11 Å². The molecule has 1 unspecified atom stereocenters. The first-order valence-corrected chi connectivity index (χ1v) is 6.36. The summed E-state index contributed by atoms with van der Waals surface area (Å²) in [5, 5.41) is 15.6. The van der Waals surface area contributed by atoms with Gasteiger partial charge in [-0.3, -0.25) is 4.68 Å². The van der Waals surface area contributed by atoms with Crippen molar-refractivity contribution in [1.29, 1.82) is 0 Å². The Morgan fingerprint density at radius 3 is 2.39 bits per heavy atom. The molecule has 2 aromatic rings. The maximum Gasteiger partial charge on any atom is 0.130 e. The normalized spacial score (nSPS) is 12.7. The summed E-state index contributed by atoms with van der Waals surface area (Å²) in [6.07, 6.45) is -0.164. The lowest BCUT2D eigenvalue weighted by Crippen LogP contribution is -2.02. The van der Waals surface area contributed by atoms with Crippen molar-refractivity contribution in [3.63, 3.8) is 0 Å². The van der Waals surface area contributed by atoms with E-state index in [-0.39, 0.29) is 0 Å². The van der Waals surface area contributed by atoms with Crippen LogP contribution < -0.4 is 0 Å². The number of benzene rings is 1. The quantitative estimate of drug-likeness (QED) is 0.939. The third-order valence-corrected chi connectivity index (χ3v) is 3.65. The van der Waals surface area contributed by atoms with Crippen LogP contribution >= 0.6 is 23.2 Å². The molecule has 0 spiro atoms. The van der Waals surface area contributed by atoms with Crippen molar-refractivity contribution >= 4 is 23.2 Å². The molecule has 1 aromatic carbocycles. The highest BCUT2D eigenvalue weighted by Gasteiger charge is 2.16. The topological polar surface area (TPSA) is 38.0 Å². The molecule has 96 valence electrons. The number of hydrogen-bond acceptors (Lipinski definition) is 2. The standard InChI is InChI=1S/C13H14Cl2N2O/c1-8-11(13(15)17(2)16-8)7-12(18)9-3-5-10(14)6-4-9/h3-6,12,18H,7H2,1-2H3. The molecule has 2 rings (SSSR count). The molecule has 0 saturated carbocycles. The van der Waals surface area contributed by atoms with Crippen LogP contribution in [0.1, 0.15) is 22.9 Å². The van der Waals surface area contributed by atoms with Crippen molar-refractivity contribution in [2.75, 3.05) is 0 Å². The number of aliphatic hydroxyl groups is 1. The minimum atomic E-state index is -0.609. The molecule has 0 fully saturated rings. The van der Waals surface area contributed by atoms with E-state index in [0.29, 0.717) is 16.6 Å². The number of aromatic nitrogens is 2. The van der Waals surface area contributed by atoms with E-state index in [1.807, 2.05) is 19.1 Å². The number of aryl methyl sites for hydroxylation is 2. The second-order valence-electron chi connectivity index (χ2n) is 4.25. The van der Waals surface area contributed by atoms with Crippen molar-refractivity contribution in [3.05, 3.63) is 51.3 Å². The number of aliphatic hydroxyl groups excluding tert-OH is 1. The molecule has 0 bridgehead atoms. The number of nitrogens with zero attached hydrogens (tertiary/aromatic N) is 2. The van der Waals surface area contributed by atoms with Gasteiger partial charge in [0.1, 0.15) is 5.15 Å². The Kier molecular flexibility index (Phi) is 3.95. The summed E-state index contributed by atoms with van der Waals surface area (Å²) in [6, 6.07) is 7.15. The molecule has 0 aliphatic heterocycles. The largest absolute Gasteiger partial charge is 0.388 e. The van der Waals surface area contributed by atoms with E-state index in [1.165, 1.54) is 0 Å². The van der Waals surface area contributed by atoms with E-state index in [9.17, 15) is 5.11 Å². The highest BCUT2D eigenvalue weighted by atomic mass is 35.5. The minimum absolute atomic E-state index is 0.445. The molecule has 1 aromatic heterocycles. The van der Waals surface area contributed by atoms with E-state index >= 15 is 0 Å². The van der Waals surface area contributed by atoms with Crippen LogP contribution in [0.5, 0.6) is 0 Å². The zero-order chi connectivity index (χ0) is 13.3. The van der Waals surface area contributed by atoms with Gasteiger partial charge in [-0.05, 0) is 24.6 Å².